The van der Waals surface area contributed by atoms with Gasteiger partial charge in [0.15, 0.2) is 0 Å². The predicted octanol–water partition coefficient (Wildman–Crippen LogP) is 8.27. The summed E-state index contributed by atoms with van der Waals surface area (Å²) in [5.41, 5.74) is 1.34. The molecule has 0 amide bonds. The standard InChI is InChI=1S/C27H46/c1-19(2)9-8-10-20(3)23-14-15-24-22-13-12-21-11-6-7-17-26(21,4)25(22)16-18-27(23,24)5/h8-9,19-25H,6-7,10-18H2,1-5H3/b9-8-. The van der Waals surface area contributed by atoms with Gasteiger partial charge in [-0.3, -0.25) is 0 Å². The van der Waals surface area contributed by atoms with E-state index in [0.29, 0.717) is 16.7 Å². The molecule has 4 aliphatic carbocycles. The molecule has 0 aromatic heterocycles. The fourth-order valence-electron chi connectivity index (χ4n) is 9.00. The molecule has 0 aromatic rings. The third-order valence-corrected chi connectivity index (χ3v) is 10.4. The first kappa shape index (κ1) is 20.0. The van der Waals surface area contributed by atoms with Crippen molar-refractivity contribution in [1.82, 2.24) is 0 Å². The quantitative estimate of drug-likeness (QED) is 0.437. The molecule has 154 valence electrons. The monoisotopic (exact) mass is 370 g/mol. The van der Waals surface area contributed by atoms with E-state index in [-0.39, 0.29) is 0 Å². The average molecular weight is 371 g/mol. The van der Waals surface area contributed by atoms with Crippen LogP contribution in [0.2, 0.25) is 0 Å². The van der Waals surface area contributed by atoms with Crippen molar-refractivity contribution in [3.63, 3.8) is 0 Å². The molecule has 4 fully saturated rings. The zero-order valence-electron chi connectivity index (χ0n) is 19.0. The van der Waals surface area contributed by atoms with Gasteiger partial charge in [-0.2, -0.15) is 0 Å². The smallest absolute Gasteiger partial charge is 0.0264 e. The maximum atomic E-state index is 2.73. The summed E-state index contributed by atoms with van der Waals surface area (Å²) in [6.07, 6.45) is 21.6. The van der Waals surface area contributed by atoms with E-state index in [9.17, 15) is 0 Å². The Kier molecular flexibility index (Phi) is 5.59. The summed E-state index contributed by atoms with van der Waals surface area (Å²) in [5.74, 6) is 6.76. The summed E-state index contributed by atoms with van der Waals surface area (Å²) < 4.78 is 0. The van der Waals surface area contributed by atoms with E-state index in [2.05, 4.69) is 46.8 Å². The van der Waals surface area contributed by atoms with Gasteiger partial charge >= 0.3 is 0 Å². The van der Waals surface area contributed by atoms with Crippen LogP contribution in [0.1, 0.15) is 105 Å². The molecule has 4 saturated carbocycles. The van der Waals surface area contributed by atoms with Crippen LogP contribution < -0.4 is 0 Å². The van der Waals surface area contributed by atoms with Crippen LogP contribution in [0.15, 0.2) is 12.2 Å². The van der Waals surface area contributed by atoms with Gasteiger partial charge in [0.1, 0.15) is 0 Å². The van der Waals surface area contributed by atoms with Crippen molar-refractivity contribution in [3.05, 3.63) is 12.2 Å². The zero-order valence-corrected chi connectivity index (χ0v) is 19.0. The van der Waals surface area contributed by atoms with Crippen LogP contribution in [0, 0.1) is 52.3 Å². The Hall–Kier alpha value is -0.260. The topological polar surface area (TPSA) is 0 Å². The van der Waals surface area contributed by atoms with Gasteiger partial charge < -0.3 is 0 Å². The summed E-state index contributed by atoms with van der Waals surface area (Å²) >= 11 is 0. The van der Waals surface area contributed by atoms with E-state index in [4.69, 9.17) is 0 Å². The number of hydrogen-bond donors (Lipinski definition) is 0. The van der Waals surface area contributed by atoms with Crippen molar-refractivity contribution in [3.8, 4) is 0 Å². The van der Waals surface area contributed by atoms with Gasteiger partial charge in [-0.05, 0) is 110 Å². The fourth-order valence-corrected chi connectivity index (χ4v) is 9.00. The second-order valence-electron chi connectivity index (χ2n) is 12.0. The second kappa shape index (κ2) is 7.53. The van der Waals surface area contributed by atoms with E-state index in [1.165, 1.54) is 32.1 Å². The van der Waals surface area contributed by atoms with Crippen molar-refractivity contribution >= 4 is 0 Å². The summed E-state index contributed by atoms with van der Waals surface area (Å²) in [4.78, 5) is 0. The third-order valence-electron chi connectivity index (χ3n) is 10.4. The average Bonchev–Trinajstić information content (AvgIpc) is 2.98. The van der Waals surface area contributed by atoms with Crippen molar-refractivity contribution in [2.24, 2.45) is 52.3 Å². The molecule has 8 unspecified atom stereocenters. The first-order valence-electron chi connectivity index (χ1n) is 12.5. The highest BCUT2D eigenvalue weighted by Gasteiger charge is 2.59. The predicted molar refractivity (Wildman–Crippen MR) is 118 cm³/mol. The Morgan fingerprint density at radius 1 is 0.815 bits per heavy atom. The summed E-state index contributed by atoms with van der Waals surface area (Å²) in [6, 6.07) is 0. The SMILES string of the molecule is CC(C)/C=C\CC(C)C1CCC2C3CCC4CCCCC4(C)C3CCC12C. The fraction of sp³-hybridized carbons (Fsp3) is 0.926. The van der Waals surface area contributed by atoms with E-state index in [1.807, 2.05) is 0 Å². The van der Waals surface area contributed by atoms with Gasteiger partial charge in [0.25, 0.3) is 0 Å². The number of rotatable bonds is 4. The van der Waals surface area contributed by atoms with Crippen LogP contribution >= 0.6 is 0 Å². The second-order valence-corrected chi connectivity index (χ2v) is 12.0. The van der Waals surface area contributed by atoms with Crippen LogP contribution in [0.5, 0.6) is 0 Å². The summed E-state index contributed by atoms with van der Waals surface area (Å²) in [6.45, 7) is 12.6. The molecule has 8 atom stereocenters. The normalized spacial score (nSPS) is 48.3. The highest BCUT2D eigenvalue weighted by Crippen LogP contribution is 2.68. The minimum Gasteiger partial charge on any atom is -0.0880 e. The van der Waals surface area contributed by atoms with Crippen LogP contribution in [-0.4, -0.2) is 0 Å². The van der Waals surface area contributed by atoms with Gasteiger partial charge in [0.2, 0.25) is 0 Å². The number of hydrogen-bond acceptors (Lipinski definition) is 0. The minimum atomic E-state index is 0.643. The first-order valence-corrected chi connectivity index (χ1v) is 12.5. The zero-order chi connectivity index (χ0) is 19.2. The maximum absolute atomic E-state index is 2.73. The minimum absolute atomic E-state index is 0.643. The van der Waals surface area contributed by atoms with Crippen molar-refractivity contribution < 1.29 is 0 Å². The molecule has 0 spiro atoms. The van der Waals surface area contributed by atoms with E-state index in [1.54, 1.807) is 38.5 Å². The molecule has 27 heavy (non-hydrogen) atoms. The third kappa shape index (κ3) is 3.36. The molecule has 0 aliphatic heterocycles. The Labute approximate surface area is 170 Å². The molecule has 4 aliphatic rings. The maximum Gasteiger partial charge on any atom is -0.0264 e. The Morgan fingerprint density at radius 3 is 2.37 bits per heavy atom. The highest BCUT2D eigenvalue weighted by molar-refractivity contribution is 5.09. The summed E-state index contributed by atoms with van der Waals surface area (Å²) in [7, 11) is 0. The molecule has 0 nitrogen and oxygen atoms in total. The van der Waals surface area contributed by atoms with E-state index in [0.717, 1.165) is 35.5 Å². The molecule has 0 aromatic carbocycles. The van der Waals surface area contributed by atoms with Gasteiger partial charge in [-0.1, -0.05) is 59.6 Å². The van der Waals surface area contributed by atoms with Gasteiger partial charge in [-0.25, -0.2) is 0 Å². The van der Waals surface area contributed by atoms with E-state index < -0.39 is 0 Å². The van der Waals surface area contributed by atoms with Crippen molar-refractivity contribution in [1.29, 1.82) is 0 Å². The van der Waals surface area contributed by atoms with Crippen LogP contribution in [-0.2, 0) is 0 Å². The first-order chi connectivity index (χ1) is 12.9. The lowest BCUT2D eigenvalue weighted by Crippen LogP contribution is -2.53. The van der Waals surface area contributed by atoms with Gasteiger partial charge in [0.05, 0.1) is 0 Å². The van der Waals surface area contributed by atoms with Crippen LogP contribution in [0.3, 0.4) is 0 Å². The molecule has 0 radical (unpaired) electrons. The molecule has 0 N–H and O–H groups in total. The Bertz CT molecular complexity index is 544. The molecule has 0 saturated heterocycles. The highest BCUT2D eigenvalue weighted by atomic mass is 14.6. The van der Waals surface area contributed by atoms with Gasteiger partial charge in [-0.15, -0.1) is 0 Å². The summed E-state index contributed by atoms with van der Waals surface area (Å²) in [5, 5.41) is 0. The molecular formula is C27H46. The molecule has 0 bridgehead atoms. The van der Waals surface area contributed by atoms with Crippen molar-refractivity contribution in [2.45, 2.75) is 105 Å². The largest absolute Gasteiger partial charge is 0.0880 e. The lowest BCUT2D eigenvalue weighted by atomic mass is 9.44. The van der Waals surface area contributed by atoms with Gasteiger partial charge in [0, 0.05) is 0 Å². The van der Waals surface area contributed by atoms with Crippen molar-refractivity contribution in [2.75, 3.05) is 0 Å². The lowest BCUT2D eigenvalue weighted by Gasteiger charge is -2.61. The Balaban J connectivity index is 1.49. The molecule has 0 heterocycles. The molecule has 4 rings (SSSR count). The number of allylic oxidation sites excluding steroid dienone is 2. The lowest BCUT2D eigenvalue weighted by molar-refractivity contribution is -0.114. The molecular weight excluding hydrogens is 324 g/mol. The van der Waals surface area contributed by atoms with E-state index >= 15 is 0 Å². The van der Waals surface area contributed by atoms with Crippen LogP contribution in [0.4, 0.5) is 0 Å². The number of fused-ring (bicyclic) bond motifs is 5. The Morgan fingerprint density at radius 2 is 1.59 bits per heavy atom. The molecule has 0 heteroatoms. The van der Waals surface area contributed by atoms with Crippen LogP contribution in [0.25, 0.3) is 0 Å².